The van der Waals surface area contributed by atoms with Gasteiger partial charge in [-0.25, -0.2) is 0 Å². The maximum atomic E-state index is 10.1. The minimum Gasteiger partial charge on any atom is -0.462 e. The van der Waals surface area contributed by atoms with Crippen molar-refractivity contribution in [1.82, 2.24) is 5.32 Å². The van der Waals surface area contributed by atoms with E-state index in [2.05, 4.69) is 5.32 Å². The number of para-hydroxylation sites is 1. The lowest BCUT2D eigenvalue weighted by Gasteiger charge is -2.32. The van der Waals surface area contributed by atoms with Crippen molar-refractivity contribution in [2.24, 2.45) is 0 Å². The van der Waals surface area contributed by atoms with Crippen molar-refractivity contribution in [1.29, 1.82) is 0 Å². The molecule has 2 N–H and O–H groups in total. The van der Waals surface area contributed by atoms with E-state index in [1.807, 2.05) is 30.3 Å². The second-order valence-electron chi connectivity index (χ2n) is 3.61. The zero-order chi connectivity index (χ0) is 9.86. The molecule has 3 heteroatoms. The predicted octanol–water partition coefficient (Wildman–Crippen LogP) is 1.14. The summed E-state index contributed by atoms with van der Waals surface area (Å²) in [5.41, 5.74) is 0. The second kappa shape index (κ2) is 3.98. The molecule has 0 spiro atoms. The molecule has 2 rings (SSSR count). The Morgan fingerprint density at radius 3 is 2.43 bits per heavy atom. The highest BCUT2D eigenvalue weighted by Crippen LogP contribution is 2.23. The second-order valence-corrected chi connectivity index (χ2v) is 3.61. The minimum atomic E-state index is -0.980. The Morgan fingerprint density at radius 2 is 1.79 bits per heavy atom. The lowest BCUT2D eigenvalue weighted by atomic mass is 10.1. The number of hydrogen-bond acceptors (Lipinski definition) is 3. The minimum absolute atomic E-state index is 0.641. The van der Waals surface area contributed by atoms with Gasteiger partial charge < -0.3 is 15.2 Å². The van der Waals surface area contributed by atoms with Gasteiger partial charge in [0.25, 0.3) is 0 Å². The van der Waals surface area contributed by atoms with Gasteiger partial charge in [-0.1, -0.05) is 18.2 Å². The molecule has 1 aliphatic rings. The first-order valence-electron chi connectivity index (χ1n) is 4.96. The lowest BCUT2D eigenvalue weighted by molar-refractivity contribution is -0.154. The summed E-state index contributed by atoms with van der Waals surface area (Å²) in [6, 6.07) is 9.46. The molecule has 1 aromatic carbocycles. The fraction of sp³-hybridized carbons (Fsp3) is 0.455. The van der Waals surface area contributed by atoms with Gasteiger partial charge in [0.15, 0.2) is 0 Å². The van der Waals surface area contributed by atoms with E-state index in [1.165, 1.54) is 0 Å². The van der Waals surface area contributed by atoms with Gasteiger partial charge >= 0.3 is 0 Å². The molecule has 0 aromatic heterocycles. The van der Waals surface area contributed by atoms with Crippen LogP contribution in [0.4, 0.5) is 0 Å². The van der Waals surface area contributed by atoms with E-state index in [9.17, 15) is 5.11 Å². The number of rotatable bonds is 2. The van der Waals surface area contributed by atoms with Crippen molar-refractivity contribution in [2.45, 2.75) is 18.6 Å². The van der Waals surface area contributed by atoms with E-state index < -0.39 is 5.79 Å². The van der Waals surface area contributed by atoms with Crippen molar-refractivity contribution in [2.75, 3.05) is 13.1 Å². The fourth-order valence-corrected chi connectivity index (χ4v) is 1.63. The van der Waals surface area contributed by atoms with Crippen LogP contribution in [0.5, 0.6) is 5.75 Å². The highest BCUT2D eigenvalue weighted by molar-refractivity contribution is 5.21. The van der Waals surface area contributed by atoms with Crippen molar-refractivity contribution in [3.05, 3.63) is 30.3 Å². The molecule has 1 fully saturated rings. The van der Waals surface area contributed by atoms with E-state index in [-0.39, 0.29) is 0 Å². The van der Waals surface area contributed by atoms with Crippen LogP contribution in [0, 0.1) is 0 Å². The average Bonchev–Trinajstić information content (AvgIpc) is 2.19. The summed E-state index contributed by atoms with van der Waals surface area (Å²) in [6.07, 6.45) is 1.28. The largest absolute Gasteiger partial charge is 0.462 e. The first kappa shape index (κ1) is 9.49. The third-order valence-corrected chi connectivity index (χ3v) is 2.44. The smallest absolute Gasteiger partial charge is 0.210 e. The Bertz CT molecular complexity index is 281. The zero-order valence-corrected chi connectivity index (χ0v) is 8.07. The highest BCUT2D eigenvalue weighted by Gasteiger charge is 2.30. The number of aliphatic hydroxyl groups is 1. The van der Waals surface area contributed by atoms with E-state index in [0.717, 1.165) is 18.8 Å². The topological polar surface area (TPSA) is 41.5 Å². The monoisotopic (exact) mass is 193 g/mol. The van der Waals surface area contributed by atoms with Crippen LogP contribution in [0.1, 0.15) is 12.8 Å². The molecule has 14 heavy (non-hydrogen) atoms. The predicted molar refractivity (Wildman–Crippen MR) is 54.1 cm³/mol. The summed E-state index contributed by atoms with van der Waals surface area (Å²) >= 11 is 0. The maximum absolute atomic E-state index is 10.1. The molecule has 0 radical (unpaired) electrons. The Balaban J connectivity index is 2.02. The molecule has 0 atom stereocenters. The quantitative estimate of drug-likeness (QED) is 0.692. The lowest BCUT2D eigenvalue weighted by Crippen LogP contribution is -2.46. The van der Waals surface area contributed by atoms with Crippen LogP contribution in [-0.4, -0.2) is 24.0 Å². The molecule has 0 aliphatic carbocycles. The van der Waals surface area contributed by atoms with Crippen molar-refractivity contribution < 1.29 is 9.84 Å². The summed E-state index contributed by atoms with van der Waals surface area (Å²) in [5, 5.41) is 13.2. The fourth-order valence-electron chi connectivity index (χ4n) is 1.63. The van der Waals surface area contributed by atoms with Gasteiger partial charge in [-0.2, -0.15) is 0 Å². The molecule has 76 valence electrons. The SMILES string of the molecule is OC1(Oc2ccccc2)CCNCC1. The number of hydrogen-bond donors (Lipinski definition) is 2. The molecule has 0 bridgehead atoms. The molecule has 0 amide bonds. The van der Waals surface area contributed by atoms with E-state index in [0.29, 0.717) is 12.8 Å². The summed E-state index contributed by atoms with van der Waals surface area (Å²) in [4.78, 5) is 0. The Hall–Kier alpha value is -1.06. The molecular weight excluding hydrogens is 178 g/mol. The van der Waals surface area contributed by atoms with Crippen LogP contribution >= 0.6 is 0 Å². The van der Waals surface area contributed by atoms with Crippen LogP contribution in [-0.2, 0) is 0 Å². The average molecular weight is 193 g/mol. The van der Waals surface area contributed by atoms with Crippen LogP contribution in [0.3, 0.4) is 0 Å². The summed E-state index contributed by atoms with van der Waals surface area (Å²) in [7, 11) is 0. The first-order chi connectivity index (χ1) is 6.79. The third-order valence-electron chi connectivity index (χ3n) is 2.44. The van der Waals surface area contributed by atoms with Gasteiger partial charge in [-0.15, -0.1) is 0 Å². The van der Waals surface area contributed by atoms with Gasteiger partial charge in [-0.3, -0.25) is 0 Å². The van der Waals surface area contributed by atoms with Gasteiger partial charge in [0.2, 0.25) is 5.79 Å². The molecular formula is C11H15NO2. The van der Waals surface area contributed by atoms with Crippen LogP contribution in [0.15, 0.2) is 30.3 Å². The molecule has 1 aromatic rings. The van der Waals surface area contributed by atoms with Gasteiger partial charge in [0, 0.05) is 25.9 Å². The standard InChI is InChI=1S/C11H15NO2/c13-11(6-8-12-9-7-11)14-10-4-2-1-3-5-10/h1-5,12-13H,6-9H2. The van der Waals surface area contributed by atoms with Gasteiger partial charge in [0.1, 0.15) is 5.75 Å². The Kier molecular flexibility index (Phi) is 2.70. The van der Waals surface area contributed by atoms with Crippen molar-refractivity contribution >= 4 is 0 Å². The van der Waals surface area contributed by atoms with E-state index in [4.69, 9.17) is 4.74 Å². The zero-order valence-electron chi connectivity index (χ0n) is 8.07. The maximum Gasteiger partial charge on any atom is 0.210 e. The van der Waals surface area contributed by atoms with Gasteiger partial charge in [0.05, 0.1) is 0 Å². The van der Waals surface area contributed by atoms with Crippen molar-refractivity contribution in [3.8, 4) is 5.75 Å². The number of piperidine rings is 1. The van der Waals surface area contributed by atoms with Crippen LogP contribution in [0.2, 0.25) is 0 Å². The normalized spacial score (nSPS) is 20.4. The molecule has 1 saturated heterocycles. The number of nitrogens with one attached hydrogen (secondary N) is 1. The first-order valence-corrected chi connectivity index (χ1v) is 4.96. The molecule has 0 unspecified atom stereocenters. The Labute approximate surface area is 83.7 Å². The number of benzene rings is 1. The van der Waals surface area contributed by atoms with E-state index >= 15 is 0 Å². The van der Waals surface area contributed by atoms with E-state index in [1.54, 1.807) is 0 Å². The highest BCUT2D eigenvalue weighted by atomic mass is 16.6. The molecule has 0 saturated carbocycles. The van der Waals surface area contributed by atoms with Gasteiger partial charge in [-0.05, 0) is 12.1 Å². The van der Waals surface area contributed by atoms with Crippen LogP contribution < -0.4 is 10.1 Å². The summed E-state index contributed by atoms with van der Waals surface area (Å²) < 4.78 is 5.56. The third kappa shape index (κ3) is 2.25. The van der Waals surface area contributed by atoms with Crippen LogP contribution in [0.25, 0.3) is 0 Å². The summed E-state index contributed by atoms with van der Waals surface area (Å²) in [6.45, 7) is 1.62. The molecule has 3 nitrogen and oxygen atoms in total. The summed E-state index contributed by atoms with van der Waals surface area (Å²) in [5.74, 6) is -0.246. The van der Waals surface area contributed by atoms with Crippen molar-refractivity contribution in [3.63, 3.8) is 0 Å². The molecule has 1 aliphatic heterocycles. The number of ether oxygens (including phenoxy) is 1. The molecule has 1 heterocycles. The Morgan fingerprint density at radius 1 is 1.14 bits per heavy atom.